The molecule has 3 aromatic rings. The van der Waals surface area contributed by atoms with Gasteiger partial charge >= 0.3 is 0 Å². The Kier molecular flexibility index (Phi) is 5.78. The molecular formula is C19H21N4O3S+. The summed E-state index contributed by atoms with van der Waals surface area (Å²) < 4.78 is 1.02. The average molecular weight is 385 g/mol. The standard InChI is InChI=1S/C19H20N4O3S/c1-21(2)12-5-13-22(19-20-16-6-3-4-7-17(16)27-19)18(24)14-8-10-15(11-9-14)23(25)26/h3-4,6-11H,5,12-13H2,1-2H3/p+1. The largest absolute Gasteiger partial charge is 0.340 e. The lowest BCUT2D eigenvalue weighted by Crippen LogP contribution is -3.05. The first kappa shape index (κ1) is 18.9. The molecule has 0 radical (unpaired) electrons. The van der Waals surface area contributed by atoms with Gasteiger partial charge in [-0.1, -0.05) is 23.5 Å². The van der Waals surface area contributed by atoms with Crippen LogP contribution in [0.5, 0.6) is 0 Å². The van der Waals surface area contributed by atoms with Crippen LogP contribution in [0.4, 0.5) is 10.8 Å². The fourth-order valence-electron chi connectivity index (χ4n) is 2.73. The molecule has 2 aromatic carbocycles. The van der Waals surface area contributed by atoms with E-state index in [9.17, 15) is 14.9 Å². The number of anilines is 1. The van der Waals surface area contributed by atoms with Crippen LogP contribution >= 0.6 is 11.3 Å². The number of rotatable bonds is 7. The third-order valence-corrected chi connectivity index (χ3v) is 5.20. The summed E-state index contributed by atoms with van der Waals surface area (Å²) in [7, 11) is 4.14. The topological polar surface area (TPSA) is 80.8 Å². The van der Waals surface area contributed by atoms with E-state index in [2.05, 4.69) is 19.1 Å². The number of nitrogens with zero attached hydrogens (tertiary/aromatic N) is 3. The molecule has 140 valence electrons. The smallest absolute Gasteiger partial charge is 0.269 e. The van der Waals surface area contributed by atoms with Gasteiger partial charge in [0.15, 0.2) is 5.13 Å². The SMILES string of the molecule is C[NH+](C)CCCN(C(=O)c1ccc([N+](=O)[O-])cc1)c1nc2ccccc2s1. The summed E-state index contributed by atoms with van der Waals surface area (Å²) in [6.07, 6.45) is 0.830. The third kappa shape index (κ3) is 4.47. The zero-order valence-corrected chi connectivity index (χ0v) is 16.0. The first-order valence-electron chi connectivity index (χ1n) is 8.66. The Bertz CT molecular complexity index is 920. The zero-order valence-electron chi connectivity index (χ0n) is 15.2. The second kappa shape index (κ2) is 8.24. The Morgan fingerprint density at radius 1 is 1.19 bits per heavy atom. The van der Waals surface area contributed by atoms with E-state index in [0.717, 1.165) is 23.2 Å². The predicted octanol–water partition coefficient (Wildman–Crippen LogP) is 2.39. The van der Waals surface area contributed by atoms with Gasteiger partial charge in [0.25, 0.3) is 11.6 Å². The second-order valence-electron chi connectivity index (χ2n) is 6.54. The van der Waals surface area contributed by atoms with E-state index in [4.69, 9.17) is 0 Å². The van der Waals surface area contributed by atoms with Gasteiger partial charge in [0.1, 0.15) is 0 Å². The summed E-state index contributed by atoms with van der Waals surface area (Å²) in [5, 5.41) is 11.5. The van der Waals surface area contributed by atoms with Gasteiger partial charge in [-0.2, -0.15) is 0 Å². The van der Waals surface area contributed by atoms with Crippen molar-refractivity contribution in [2.24, 2.45) is 0 Å². The van der Waals surface area contributed by atoms with Crippen LogP contribution in [-0.4, -0.2) is 43.0 Å². The number of carbonyl (C=O) groups is 1. The fraction of sp³-hybridized carbons (Fsp3) is 0.263. The first-order chi connectivity index (χ1) is 13.0. The van der Waals surface area contributed by atoms with Crippen molar-refractivity contribution in [1.29, 1.82) is 0 Å². The number of para-hydroxylation sites is 1. The molecule has 1 heterocycles. The van der Waals surface area contributed by atoms with E-state index < -0.39 is 4.92 Å². The number of benzene rings is 2. The summed E-state index contributed by atoms with van der Waals surface area (Å²) in [4.78, 5) is 31.1. The number of aromatic nitrogens is 1. The summed E-state index contributed by atoms with van der Waals surface area (Å²) in [6, 6.07) is 13.5. The van der Waals surface area contributed by atoms with Crippen LogP contribution in [0, 0.1) is 10.1 Å². The molecule has 0 bridgehead atoms. The van der Waals surface area contributed by atoms with Gasteiger partial charge in [-0.05, 0) is 24.3 Å². The van der Waals surface area contributed by atoms with Crippen molar-refractivity contribution in [3.8, 4) is 0 Å². The van der Waals surface area contributed by atoms with Crippen molar-refractivity contribution < 1.29 is 14.6 Å². The molecule has 0 aliphatic rings. The second-order valence-corrected chi connectivity index (χ2v) is 7.54. The molecule has 1 aromatic heterocycles. The molecular weight excluding hydrogens is 364 g/mol. The quantitative estimate of drug-likeness (QED) is 0.500. The Labute approximate surface area is 161 Å². The molecule has 0 aliphatic carbocycles. The van der Waals surface area contributed by atoms with E-state index in [1.165, 1.54) is 40.5 Å². The molecule has 0 unspecified atom stereocenters. The normalized spacial score (nSPS) is 11.1. The van der Waals surface area contributed by atoms with Crippen molar-refractivity contribution >= 4 is 38.3 Å². The highest BCUT2D eigenvalue weighted by atomic mass is 32.1. The molecule has 8 heteroatoms. The van der Waals surface area contributed by atoms with Gasteiger partial charge in [-0.15, -0.1) is 0 Å². The molecule has 7 nitrogen and oxygen atoms in total. The number of nitro benzene ring substituents is 1. The lowest BCUT2D eigenvalue weighted by Gasteiger charge is -2.20. The highest BCUT2D eigenvalue weighted by molar-refractivity contribution is 7.22. The minimum atomic E-state index is -0.473. The molecule has 0 fully saturated rings. The van der Waals surface area contributed by atoms with Crippen LogP contribution < -0.4 is 9.80 Å². The molecule has 1 amide bonds. The number of nitro groups is 1. The van der Waals surface area contributed by atoms with E-state index in [-0.39, 0.29) is 11.6 Å². The number of non-ortho nitro benzene ring substituents is 1. The Hall–Kier alpha value is -2.84. The van der Waals surface area contributed by atoms with Crippen molar-refractivity contribution in [2.75, 3.05) is 32.1 Å². The lowest BCUT2D eigenvalue weighted by molar-refractivity contribution is -0.858. The summed E-state index contributed by atoms with van der Waals surface area (Å²) >= 11 is 1.47. The van der Waals surface area contributed by atoms with E-state index in [0.29, 0.717) is 17.2 Å². The number of quaternary nitrogens is 1. The minimum absolute atomic E-state index is 0.0331. The van der Waals surface area contributed by atoms with E-state index in [1.807, 2.05) is 24.3 Å². The van der Waals surface area contributed by atoms with Gasteiger partial charge in [0.05, 0.1) is 35.8 Å². The maximum Gasteiger partial charge on any atom is 0.269 e. The first-order valence-corrected chi connectivity index (χ1v) is 9.48. The number of nitrogens with one attached hydrogen (secondary N) is 1. The van der Waals surface area contributed by atoms with Gasteiger partial charge in [-0.3, -0.25) is 19.8 Å². The van der Waals surface area contributed by atoms with Gasteiger partial charge in [-0.25, -0.2) is 4.98 Å². The van der Waals surface area contributed by atoms with Crippen molar-refractivity contribution in [1.82, 2.24) is 4.98 Å². The minimum Gasteiger partial charge on any atom is -0.340 e. The van der Waals surface area contributed by atoms with Gasteiger partial charge in [0, 0.05) is 30.7 Å². The number of amides is 1. The number of thiazole rings is 1. The Morgan fingerprint density at radius 3 is 2.52 bits per heavy atom. The molecule has 0 atom stereocenters. The maximum atomic E-state index is 13.1. The Morgan fingerprint density at radius 2 is 1.89 bits per heavy atom. The van der Waals surface area contributed by atoms with Crippen molar-refractivity contribution in [3.05, 3.63) is 64.2 Å². The number of carbonyl (C=O) groups excluding carboxylic acids is 1. The number of hydrogen-bond acceptors (Lipinski definition) is 5. The molecule has 0 saturated carbocycles. The highest BCUT2D eigenvalue weighted by Crippen LogP contribution is 2.29. The summed E-state index contributed by atoms with van der Waals surface area (Å²) in [5.41, 5.74) is 1.24. The zero-order chi connectivity index (χ0) is 19.4. The van der Waals surface area contributed by atoms with Crippen molar-refractivity contribution in [3.63, 3.8) is 0 Å². The molecule has 0 aliphatic heterocycles. The van der Waals surface area contributed by atoms with Crippen molar-refractivity contribution in [2.45, 2.75) is 6.42 Å². The van der Waals surface area contributed by atoms with Crippen LogP contribution in [0.15, 0.2) is 48.5 Å². The van der Waals surface area contributed by atoms with Crippen LogP contribution in [0.3, 0.4) is 0 Å². The highest BCUT2D eigenvalue weighted by Gasteiger charge is 2.22. The maximum absolute atomic E-state index is 13.1. The third-order valence-electron chi connectivity index (χ3n) is 4.14. The van der Waals surface area contributed by atoms with Crippen LogP contribution in [0.1, 0.15) is 16.8 Å². The molecule has 0 saturated heterocycles. The molecule has 3 rings (SSSR count). The van der Waals surface area contributed by atoms with Crippen LogP contribution in [0.25, 0.3) is 10.2 Å². The monoisotopic (exact) mass is 385 g/mol. The van der Waals surface area contributed by atoms with Gasteiger partial charge < -0.3 is 4.90 Å². The number of hydrogen-bond donors (Lipinski definition) is 1. The van der Waals surface area contributed by atoms with Crippen LogP contribution in [0.2, 0.25) is 0 Å². The molecule has 1 N–H and O–H groups in total. The fourth-order valence-corrected chi connectivity index (χ4v) is 3.72. The lowest BCUT2D eigenvalue weighted by atomic mass is 10.2. The predicted molar refractivity (Wildman–Crippen MR) is 107 cm³/mol. The van der Waals surface area contributed by atoms with Crippen LogP contribution in [-0.2, 0) is 0 Å². The summed E-state index contributed by atoms with van der Waals surface area (Å²) in [5.74, 6) is -0.197. The van der Waals surface area contributed by atoms with E-state index in [1.54, 1.807) is 4.90 Å². The average Bonchev–Trinajstić information content (AvgIpc) is 3.08. The molecule has 27 heavy (non-hydrogen) atoms. The Balaban J connectivity index is 1.90. The number of fused-ring (bicyclic) bond motifs is 1. The van der Waals surface area contributed by atoms with E-state index >= 15 is 0 Å². The molecule has 0 spiro atoms. The summed E-state index contributed by atoms with van der Waals surface area (Å²) in [6.45, 7) is 1.47. The van der Waals surface area contributed by atoms with Gasteiger partial charge in [0.2, 0.25) is 0 Å².